The van der Waals surface area contributed by atoms with Crippen LogP contribution in [0.2, 0.25) is 0 Å². The fourth-order valence-corrected chi connectivity index (χ4v) is 2.24. The molecular weight excluding hydrogens is 246 g/mol. The predicted octanol–water partition coefficient (Wildman–Crippen LogP) is 2.30. The molecule has 18 heavy (non-hydrogen) atoms. The van der Waals surface area contributed by atoms with E-state index in [2.05, 4.69) is 22.5 Å². The van der Waals surface area contributed by atoms with E-state index in [9.17, 15) is 4.79 Å². The normalized spacial score (nSPS) is 12.0. The molecule has 0 aliphatic rings. The Kier molecular flexibility index (Phi) is 5.98. The second kappa shape index (κ2) is 7.26. The van der Waals surface area contributed by atoms with Crippen molar-refractivity contribution in [1.82, 2.24) is 10.3 Å². The molecule has 5 heteroatoms. The van der Waals surface area contributed by atoms with E-state index in [-0.39, 0.29) is 11.9 Å². The number of carbonyl (C=O) groups is 1. The first-order chi connectivity index (χ1) is 8.56. The van der Waals surface area contributed by atoms with Gasteiger partial charge in [-0.15, -0.1) is 0 Å². The maximum Gasteiger partial charge on any atom is 0.251 e. The van der Waals surface area contributed by atoms with Gasteiger partial charge in [-0.05, 0) is 31.7 Å². The molecule has 0 aliphatic heterocycles. The lowest BCUT2D eigenvalue weighted by Gasteiger charge is -2.13. The molecule has 0 bridgehead atoms. The molecule has 1 aromatic heterocycles. The number of anilines is 1. The molecule has 100 valence electrons. The molecule has 4 nitrogen and oxygen atoms in total. The van der Waals surface area contributed by atoms with Crippen molar-refractivity contribution < 1.29 is 4.79 Å². The molecule has 0 aliphatic carbocycles. The van der Waals surface area contributed by atoms with Crippen molar-refractivity contribution in [3.63, 3.8) is 0 Å². The summed E-state index contributed by atoms with van der Waals surface area (Å²) in [6.45, 7) is 6.02. The Hall–Kier alpha value is -1.23. The summed E-state index contributed by atoms with van der Waals surface area (Å²) in [5.41, 5.74) is 1.49. The van der Waals surface area contributed by atoms with Crippen LogP contribution in [0.5, 0.6) is 0 Å². The fraction of sp³-hybridized carbons (Fsp3) is 0.538. The monoisotopic (exact) mass is 267 g/mol. The van der Waals surface area contributed by atoms with E-state index in [1.54, 1.807) is 19.2 Å². The van der Waals surface area contributed by atoms with Gasteiger partial charge in [0.1, 0.15) is 5.82 Å². The average Bonchev–Trinajstić information content (AvgIpc) is 2.35. The van der Waals surface area contributed by atoms with Gasteiger partial charge in [-0.3, -0.25) is 4.79 Å². The zero-order valence-corrected chi connectivity index (χ0v) is 12.2. The lowest BCUT2D eigenvalue weighted by Crippen LogP contribution is -2.34. The predicted molar refractivity (Wildman–Crippen MR) is 78.4 cm³/mol. The summed E-state index contributed by atoms with van der Waals surface area (Å²) >= 11 is 1.82. The third-order valence-corrected chi connectivity index (χ3v) is 3.57. The number of nitrogens with one attached hydrogen (secondary N) is 2. The number of rotatable bonds is 6. The largest absolute Gasteiger partial charge is 0.373 e. The summed E-state index contributed by atoms with van der Waals surface area (Å²) in [6, 6.07) is 3.74. The summed E-state index contributed by atoms with van der Waals surface area (Å²) < 4.78 is 0. The molecule has 0 fully saturated rings. The molecule has 1 heterocycles. The van der Waals surface area contributed by atoms with E-state index in [4.69, 9.17) is 0 Å². The number of hydrogen-bond acceptors (Lipinski definition) is 4. The standard InChI is InChI=1S/C13H21N3OS/c1-5-18-8-10(3)16-13(17)11-6-9(2)15-12(7-11)14-4/h6-7,10H,5,8H2,1-4H3,(H,14,15)(H,16,17). The van der Waals surface area contributed by atoms with Crippen molar-refractivity contribution in [3.8, 4) is 0 Å². The minimum absolute atomic E-state index is 0.0406. The number of carbonyl (C=O) groups excluding carboxylic acids is 1. The highest BCUT2D eigenvalue weighted by atomic mass is 32.2. The lowest BCUT2D eigenvalue weighted by atomic mass is 10.2. The Morgan fingerprint density at radius 1 is 1.50 bits per heavy atom. The van der Waals surface area contributed by atoms with Gasteiger partial charge in [0.05, 0.1) is 0 Å². The third kappa shape index (κ3) is 4.56. The lowest BCUT2D eigenvalue weighted by molar-refractivity contribution is 0.0943. The van der Waals surface area contributed by atoms with Gasteiger partial charge in [-0.1, -0.05) is 6.92 Å². The van der Waals surface area contributed by atoms with Gasteiger partial charge in [-0.25, -0.2) is 4.98 Å². The minimum Gasteiger partial charge on any atom is -0.373 e. The molecule has 1 unspecified atom stereocenters. The van der Waals surface area contributed by atoms with E-state index < -0.39 is 0 Å². The van der Waals surface area contributed by atoms with Crippen molar-refractivity contribution in [1.29, 1.82) is 0 Å². The third-order valence-electron chi connectivity index (χ3n) is 2.42. The molecule has 0 saturated carbocycles. The van der Waals surface area contributed by atoms with E-state index in [0.717, 1.165) is 23.0 Å². The minimum atomic E-state index is -0.0406. The Labute approximate surface area is 113 Å². The Balaban J connectivity index is 2.68. The van der Waals surface area contributed by atoms with Crippen LogP contribution in [0.15, 0.2) is 12.1 Å². The first-order valence-corrected chi connectivity index (χ1v) is 7.27. The van der Waals surface area contributed by atoms with Crippen LogP contribution in [0.4, 0.5) is 5.82 Å². The Morgan fingerprint density at radius 2 is 2.22 bits per heavy atom. The molecule has 0 saturated heterocycles. The van der Waals surface area contributed by atoms with Gasteiger partial charge in [0, 0.05) is 30.1 Å². The van der Waals surface area contributed by atoms with Gasteiger partial charge in [-0.2, -0.15) is 11.8 Å². The summed E-state index contributed by atoms with van der Waals surface area (Å²) in [7, 11) is 1.80. The number of hydrogen-bond donors (Lipinski definition) is 2. The first-order valence-electron chi connectivity index (χ1n) is 6.11. The smallest absolute Gasteiger partial charge is 0.251 e. The molecular formula is C13H21N3OS. The Bertz CT molecular complexity index is 409. The zero-order valence-electron chi connectivity index (χ0n) is 11.4. The zero-order chi connectivity index (χ0) is 13.5. The van der Waals surface area contributed by atoms with Crippen molar-refractivity contribution in [2.45, 2.75) is 26.8 Å². The van der Waals surface area contributed by atoms with E-state index >= 15 is 0 Å². The van der Waals surface area contributed by atoms with Crippen molar-refractivity contribution in [2.75, 3.05) is 23.9 Å². The van der Waals surface area contributed by atoms with Crippen LogP contribution in [0.3, 0.4) is 0 Å². The van der Waals surface area contributed by atoms with Gasteiger partial charge >= 0.3 is 0 Å². The number of nitrogens with zero attached hydrogens (tertiary/aromatic N) is 1. The fourth-order valence-electron chi connectivity index (χ4n) is 1.57. The SMILES string of the molecule is CCSCC(C)NC(=O)c1cc(C)nc(NC)c1. The maximum atomic E-state index is 12.1. The summed E-state index contributed by atoms with van der Waals surface area (Å²) in [4.78, 5) is 16.3. The highest BCUT2D eigenvalue weighted by molar-refractivity contribution is 7.99. The number of thioether (sulfide) groups is 1. The van der Waals surface area contributed by atoms with Gasteiger partial charge in [0.15, 0.2) is 0 Å². The summed E-state index contributed by atoms with van der Waals surface area (Å²) in [5, 5.41) is 5.95. The van der Waals surface area contributed by atoms with E-state index in [0.29, 0.717) is 5.56 Å². The van der Waals surface area contributed by atoms with Crippen molar-refractivity contribution >= 4 is 23.5 Å². The molecule has 2 N–H and O–H groups in total. The van der Waals surface area contributed by atoms with Crippen LogP contribution in [-0.2, 0) is 0 Å². The number of amides is 1. The number of aryl methyl sites for hydroxylation is 1. The van der Waals surface area contributed by atoms with Crippen LogP contribution < -0.4 is 10.6 Å². The molecule has 1 aromatic rings. The van der Waals surface area contributed by atoms with Gasteiger partial charge < -0.3 is 10.6 Å². The molecule has 0 aromatic carbocycles. The number of aromatic nitrogens is 1. The van der Waals surface area contributed by atoms with Crippen LogP contribution in [-0.4, -0.2) is 35.5 Å². The van der Waals surface area contributed by atoms with Crippen molar-refractivity contribution in [2.24, 2.45) is 0 Å². The van der Waals surface area contributed by atoms with Crippen molar-refractivity contribution in [3.05, 3.63) is 23.4 Å². The number of pyridine rings is 1. The molecule has 0 radical (unpaired) electrons. The van der Waals surface area contributed by atoms with E-state index in [1.807, 2.05) is 25.6 Å². The maximum absolute atomic E-state index is 12.1. The topological polar surface area (TPSA) is 54.0 Å². The van der Waals surface area contributed by atoms with Crippen LogP contribution in [0.1, 0.15) is 29.9 Å². The van der Waals surface area contributed by atoms with Crippen LogP contribution >= 0.6 is 11.8 Å². The molecule has 1 atom stereocenters. The van der Waals surface area contributed by atoms with Crippen LogP contribution in [0.25, 0.3) is 0 Å². The van der Waals surface area contributed by atoms with Gasteiger partial charge in [0.25, 0.3) is 5.91 Å². The Morgan fingerprint density at radius 3 is 2.83 bits per heavy atom. The second-order valence-corrected chi connectivity index (χ2v) is 5.49. The average molecular weight is 267 g/mol. The van der Waals surface area contributed by atoms with E-state index in [1.165, 1.54) is 0 Å². The highest BCUT2D eigenvalue weighted by Crippen LogP contribution is 2.10. The second-order valence-electron chi connectivity index (χ2n) is 4.17. The molecule has 1 rings (SSSR count). The highest BCUT2D eigenvalue weighted by Gasteiger charge is 2.11. The summed E-state index contributed by atoms with van der Waals surface area (Å²) in [6.07, 6.45) is 0. The first kappa shape index (κ1) is 14.8. The van der Waals surface area contributed by atoms with Crippen LogP contribution in [0, 0.1) is 6.92 Å². The quantitative estimate of drug-likeness (QED) is 0.830. The summed E-state index contributed by atoms with van der Waals surface area (Å²) in [5.74, 6) is 2.68. The molecule has 1 amide bonds. The van der Waals surface area contributed by atoms with Gasteiger partial charge in [0.2, 0.25) is 0 Å². The molecule has 0 spiro atoms.